The minimum atomic E-state index is -1.76. The molecule has 0 unspecified atom stereocenters. The van der Waals surface area contributed by atoms with Crippen molar-refractivity contribution in [2.75, 3.05) is 0 Å². The third-order valence-corrected chi connectivity index (χ3v) is 6.67. The van der Waals surface area contributed by atoms with Crippen molar-refractivity contribution in [1.29, 1.82) is 0 Å². The van der Waals surface area contributed by atoms with E-state index in [1.54, 1.807) is 17.4 Å². The van der Waals surface area contributed by atoms with Crippen LogP contribution in [-0.2, 0) is 0 Å². The van der Waals surface area contributed by atoms with Crippen LogP contribution >= 0.6 is 33.9 Å². The number of nitrogens with zero attached hydrogens (tertiary/aromatic N) is 1. The van der Waals surface area contributed by atoms with E-state index in [2.05, 4.69) is 24.2 Å². The van der Waals surface area contributed by atoms with Gasteiger partial charge in [0.2, 0.25) is 6.53 Å². The predicted molar refractivity (Wildman–Crippen MR) is 94.3 cm³/mol. The second-order valence-electron chi connectivity index (χ2n) is 4.71. The number of benzene rings is 2. The third kappa shape index (κ3) is 4.67. The van der Waals surface area contributed by atoms with Crippen molar-refractivity contribution < 1.29 is 0 Å². The summed E-state index contributed by atoms with van der Waals surface area (Å²) in [5.41, 5.74) is 1.84. The fourth-order valence-electron chi connectivity index (χ4n) is 1.63. The maximum absolute atomic E-state index is 6.41. The topological polar surface area (TPSA) is 12.4 Å². The Morgan fingerprint density at radius 2 is 1.70 bits per heavy atom. The van der Waals surface area contributed by atoms with E-state index < -0.39 is 6.53 Å². The molecule has 2 aromatic rings. The first-order valence-corrected chi connectivity index (χ1v) is 12.1. The van der Waals surface area contributed by atoms with Crippen LogP contribution in [0.2, 0.25) is 18.1 Å². The van der Waals surface area contributed by atoms with Gasteiger partial charge in [-0.15, -0.1) is 11.2 Å². The summed E-state index contributed by atoms with van der Waals surface area (Å²) in [6.45, 7) is 2.45. The van der Waals surface area contributed by atoms with Crippen LogP contribution in [0.25, 0.3) is 0 Å². The molecule has 104 valence electrons. The summed E-state index contributed by atoms with van der Waals surface area (Å²) in [5, 5.41) is 0.702. The molecule has 0 bridgehead atoms. The highest BCUT2D eigenvalue weighted by Gasteiger charge is 2.20. The Hall–Kier alpha value is -0.743. The fraction of sp³-hybridized carbons (Fsp3) is 0.133. The van der Waals surface area contributed by atoms with Crippen LogP contribution in [0, 0.1) is 0 Å². The molecule has 0 saturated carbocycles. The van der Waals surface area contributed by atoms with E-state index in [0.29, 0.717) is 5.02 Å². The normalized spacial score (nSPS) is 12.0. The van der Waals surface area contributed by atoms with Gasteiger partial charge >= 0.3 is 0 Å². The number of halogens is 2. The Morgan fingerprint density at radius 3 is 2.40 bits per heavy atom. The second-order valence-corrected chi connectivity index (χ2v) is 15.7. The van der Waals surface area contributed by atoms with Gasteiger partial charge in [0.25, 0.3) is 0 Å². The lowest BCUT2D eigenvalue weighted by molar-refractivity contribution is 1.39. The van der Waals surface area contributed by atoms with Crippen LogP contribution < -0.4 is 0 Å². The summed E-state index contributed by atoms with van der Waals surface area (Å²) in [5.74, 6) is 0. The van der Waals surface area contributed by atoms with E-state index in [0.717, 1.165) is 16.1 Å². The van der Waals surface area contributed by atoms with Crippen molar-refractivity contribution in [2.45, 2.75) is 18.0 Å². The molecule has 0 saturated heterocycles. The van der Waals surface area contributed by atoms with Crippen LogP contribution in [0.4, 0.5) is 5.69 Å². The summed E-state index contributed by atoms with van der Waals surface area (Å²) >= 11 is 14.3. The van der Waals surface area contributed by atoms with Crippen molar-refractivity contribution in [3.05, 3.63) is 59.1 Å². The molecule has 0 atom stereocenters. The van der Waals surface area contributed by atoms with Crippen molar-refractivity contribution in [2.24, 2.45) is 4.99 Å². The SMILES string of the molecule is C[Si](C)(Cl)Sc1ccccc1N=Cc1ccccc1Cl. The average Bonchev–Trinajstić information content (AvgIpc) is 2.37. The zero-order valence-corrected chi connectivity index (χ0v) is 14.6. The summed E-state index contributed by atoms with van der Waals surface area (Å²) in [4.78, 5) is 5.67. The molecule has 1 nitrogen and oxygen atoms in total. The van der Waals surface area contributed by atoms with E-state index in [-0.39, 0.29) is 0 Å². The lowest BCUT2D eigenvalue weighted by atomic mass is 10.2. The molecular weight excluding hydrogens is 325 g/mol. The van der Waals surface area contributed by atoms with Gasteiger partial charge in [0.15, 0.2) is 0 Å². The van der Waals surface area contributed by atoms with Gasteiger partial charge in [-0.25, -0.2) is 0 Å². The largest absolute Gasteiger partial charge is 0.255 e. The predicted octanol–water partition coefficient (Wildman–Crippen LogP) is 6.12. The molecule has 2 rings (SSSR count). The van der Waals surface area contributed by atoms with Gasteiger partial charge in [-0.1, -0.05) is 41.9 Å². The van der Waals surface area contributed by atoms with Crippen molar-refractivity contribution >= 4 is 52.3 Å². The van der Waals surface area contributed by atoms with E-state index in [9.17, 15) is 0 Å². The first-order valence-electron chi connectivity index (χ1n) is 6.21. The summed E-state index contributed by atoms with van der Waals surface area (Å²) < 4.78 is 0. The Kier molecular flexibility index (Phi) is 5.33. The summed E-state index contributed by atoms with van der Waals surface area (Å²) in [6.07, 6.45) is 1.80. The summed E-state index contributed by atoms with van der Waals surface area (Å²) in [7, 11) is 0. The maximum atomic E-state index is 6.41. The number of para-hydroxylation sites is 1. The number of aliphatic imine (C=N–C) groups is 1. The molecule has 0 fully saturated rings. The molecule has 0 radical (unpaired) electrons. The van der Waals surface area contributed by atoms with E-state index in [1.165, 1.54) is 0 Å². The maximum Gasteiger partial charge on any atom is 0.214 e. The molecular formula is C15H15Cl2NSSi. The molecule has 20 heavy (non-hydrogen) atoms. The number of hydrogen-bond donors (Lipinski definition) is 0. The fourth-order valence-corrected chi connectivity index (χ4v) is 5.54. The van der Waals surface area contributed by atoms with E-state index in [4.69, 9.17) is 22.7 Å². The zero-order chi connectivity index (χ0) is 14.6. The first kappa shape index (κ1) is 15.6. The molecule has 0 amide bonds. The smallest absolute Gasteiger partial charge is 0.214 e. The third-order valence-electron chi connectivity index (χ3n) is 2.47. The molecule has 0 aromatic heterocycles. The van der Waals surface area contributed by atoms with Gasteiger partial charge in [-0.05, 0) is 31.3 Å². The molecule has 0 N–H and O–H groups in total. The highest BCUT2D eigenvalue weighted by atomic mass is 35.6. The molecule has 2 aromatic carbocycles. The van der Waals surface area contributed by atoms with Gasteiger partial charge in [0.05, 0.1) is 5.69 Å². The number of rotatable bonds is 4. The van der Waals surface area contributed by atoms with Crippen LogP contribution in [-0.4, -0.2) is 12.7 Å². The molecule has 0 aliphatic rings. The highest BCUT2D eigenvalue weighted by molar-refractivity contribution is 8.33. The lowest BCUT2D eigenvalue weighted by Gasteiger charge is -2.13. The Balaban J connectivity index is 2.28. The van der Waals surface area contributed by atoms with Crippen LogP contribution in [0.5, 0.6) is 0 Å². The molecule has 0 spiro atoms. The lowest BCUT2D eigenvalue weighted by Crippen LogP contribution is -2.09. The Labute approximate surface area is 134 Å². The first-order chi connectivity index (χ1) is 9.46. The Bertz CT molecular complexity index is 623. The molecule has 5 heteroatoms. The van der Waals surface area contributed by atoms with Crippen molar-refractivity contribution in [1.82, 2.24) is 0 Å². The van der Waals surface area contributed by atoms with Gasteiger partial charge in [0.1, 0.15) is 0 Å². The molecule has 0 aliphatic heterocycles. The average molecular weight is 340 g/mol. The van der Waals surface area contributed by atoms with Gasteiger partial charge in [-0.3, -0.25) is 4.99 Å². The zero-order valence-electron chi connectivity index (χ0n) is 11.3. The van der Waals surface area contributed by atoms with Crippen LogP contribution in [0.1, 0.15) is 5.56 Å². The number of hydrogen-bond acceptors (Lipinski definition) is 2. The molecule has 0 heterocycles. The van der Waals surface area contributed by atoms with Crippen molar-refractivity contribution in [3.8, 4) is 0 Å². The Morgan fingerprint density at radius 1 is 1.05 bits per heavy atom. The quantitative estimate of drug-likeness (QED) is 0.371. The van der Waals surface area contributed by atoms with Crippen LogP contribution in [0.15, 0.2) is 58.4 Å². The second kappa shape index (κ2) is 6.81. The van der Waals surface area contributed by atoms with E-state index >= 15 is 0 Å². The van der Waals surface area contributed by atoms with Gasteiger partial charge in [0, 0.05) is 21.7 Å². The van der Waals surface area contributed by atoms with Crippen LogP contribution in [0.3, 0.4) is 0 Å². The minimum Gasteiger partial charge on any atom is -0.255 e. The highest BCUT2D eigenvalue weighted by Crippen LogP contribution is 2.37. The standard InChI is InChI=1S/C15H15Cl2NSSi/c1-20(2,17)19-15-10-6-5-9-14(15)18-11-12-7-3-4-8-13(12)16/h3-11H,1-2H3. The minimum absolute atomic E-state index is 0.702. The van der Waals surface area contributed by atoms with E-state index in [1.807, 2.05) is 42.5 Å². The summed E-state index contributed by atoms with van der Waals surface area (Å²) in [6, 6.07) is 15.7. The van der Waals surface area contributed by atoms with Crippen molar-refractivity contribution in [3.63, 3.8) is 0 Å². The van der Waals surface area contributed by atoms with Gasteiger partial charge in [-0.2, -0.15) is 11.1 Å². The monoisotopic (exact) mass is 339 g/mol. The molecule has 0 aliphatic carbocycles. The van der Waals surface area contributed by atoms with Gasteiger partial charge < -0.3 is 0 Å².